The number of hydrogen-bond acceptors (Lipinski definition) is 2. The Hall–Kier alpha value is -2.69. The maximum atomic E-state index is 13.8. The Morgan fingerprint density at radius 1 is 0.963 bits per heavy atom. The second-order valence-electron chi connectivity index (χ2n) is 6.49. The number of hydrogen-bond donors (Lipinski definition) is 1. The first-order valence-corrected chi connectivity index (χ1v) is 9.35. The van der Waals surface area contributed by atoms with Crippen LogP contribution in [-0.2, 0) is 28.9 Å². The molecule has 0 heterocycles. The Kier molecular flexibility index (Phi) is 7.53. The highest BCUT2D eigenvalue weighted by Gasteiger charge is 2.16. The number of benzene rings is 2. The molecule has 0 unspecified atom stereocenters. The van der Waals surface area contributed by atoms with Gasteiger partial charge in [-0.25, -0.2) is 4.39 Å². The van der Waals surface area contributed by atoms with Gasteiger partial charge >= 0.3 is 0 Å². The predicted octanol–water partition coefficient (Wildman–Crippen LogP) is 3.98. The van der Waals surface area contributed by atoms with Crippen molar-refractivity contribution in [3.05, 3.63) is 65.0 Å². The van der Waals surface area contributed by atoms with Crippen LogP contribution >= 0.6 is 0 Å². The fourth-order valence-electron chi connectivity index (χ4n) is 3.06. The standard InChI is InChI=1S/C22H27FN2O2/c1-4-17-10-8-11-18(5-2)22(17)24-21(27)15-25(16(3)26)14-13-19-9-6-7-12-20(19)23/h6-12H,4-5,13-15H2,1-3H3,(H,24,27). The molecular formula is C22H27FN2O2. The molecule has 0 aliphatic rings. The van der Waals surface area contributed by atoms with E-state index in [1.165, 1.54) is 17.9 Å². The summed E-state index contributed by atoms with van der Waals surface area (Å²) in [6.45, 7) is 5.75. The summed E-state index contributed by atoms with van der Waals surface area (Å²) in [5.41, 5.74) is 3.52. The summed E-state index contributed by atoms with van der Waals surface area (Å²) in [6.07, 6.45) is 1.99. The minimum atomic E-state index is -0.296. The minimum Gasteiger partial charge on any atom is -0.333 e. The van der Waals surface area contributed by atoms with E-state index in [4.69, 9.17) is 0 Å². The van der Waals surface area contributed by atoms with Gasteiger partial charge in [0.1, 0.15) is 5.82 Å². The normalized spacial score (nSPS) is 10.5. The van der Waals surface area contributed by atoms with Crippen molar-refractivity contribution in [2.75, 3.05) is 18.4 Å². The lowest BCUT2D eigenvalue weighted by molar-refractivity contribution is -0.132. The van der Waals surface area contributed by atoms with E-state index in [1.54, 1.807) is 18.2 Å². The van der Waals surface area contributed by atoms with Crippen LogP contribution in [0.2, 0.25) is 0 Å². The number of anilines is 1. The van der Waals surface area contributed by atoms with Crippen molar-refractivity contribution in [3.63, 3.8) is 0 Å². The number of carbonyl (C=O) groups is 2. The number of rotatable bonds is 8. The van der Waals surface area contributed by atoms with E-state index in [2.05, 4.69) is 5.32 Å². The molecule has 0 saturated carbocycles. The zero-order chi connectivity index (χ0) is 19.8. The molecule has 0 atom stereocenters. The average molecular weight is 370 g/mol. The van der Waals surface area contributed by atoms with E-state index in [1.807, 2.05) is 32.0 Å². The quantitative estimate of drug-likeness (QED) is 0.764. The van der Waals surface area contributed by atoms with Gasteiger partial charge in [-0.15, -0.1) is 0 Å². The molecule has 0 radical (unpaired) electrons. The van der Waals surface area contributed by atoms with Gasteiger partial charge in [0, 0.05) is 19.2 Å². The van der Waals surface area contributed by atoms with Crippen LogP contribution in [0.25, 0.3) is 0 Å². The maximum absolute atomic E-state index is 13.8. The first kappa shape index (κ1) is 20.6. The largest absolute Gasteiger partial charge is 0.333 e. The molecule has 0 aromatic heterocycles. The van der Waals surface area contributed by atoms with Gasteiger partial charge in [0.25, 0.3) is 0 Å². The van der Waals surface area contributed by atoms with Gasteiger partial charge in [-0.1, -0.05) is 50.2 Å². The molecule has 0 bridgehead atoms. The fourth-order valence-corrected chi connectivity index (χ4v) is 3.06. The summed E-state index contributed by atoms with van der Waals surface area (Å²) < 4.78 is 13.8. The number of halogens is 1. The second kappa shape index (κ2) is 9.86. The summed E-state index contributed by atoms with van der Waals surface area (Å²) in [5, 5.41) is 2.97. The van der Waals surface area contributed by atoms with Crippen LogP contribution in [0.5, 0.6) is 0 Å². The number of carbonyl (C=O) groups excluding carboxylic acids is 2. The number of nitrogens with zero attached hydrogens (tertiary/aromatic N) is 1. The Labute approximate surface area is 160 Å². The first-order chi connectivity index (χ1) is 13.0. The molecule has 0 aliphatic heterocycles. The lowest BCUT2D eigenvalue weighted by Crippen LogP contribution is -2.38. The van der Waals surface area contributed by atoms with Gasteiger partial charge in [-0.05, 0) is 42.0 Å². The van der Waals surface area contributed by atoms with Crippen LogP contribution < -0.4 is 5.32 Å². The summed E-state index contributed by atoms with van der Waals surface area (Å²) in [7, 11) is 0. The van der Waals surface area contributed by atoms with E-state index < -0.39 is 0 Å². The van der Waals surface area contributed by atoms with Crippen LogP contribution in [-0.4, -0.2) is 29.8 Å². The average Bonchev–Trinajstić information content (AvgIpc) is 2.66. The SMILES string of the molecule is CCc1cccc(CC)c1NC(=O)CN(CCc1ccccc1F)C(C)=O. The van der Waals surface area contributed by atoms with Gasteiger partial charge in [-0.3, -0.25) is 9.59 Å². The third-order valence-corrected chi connectivity index (χ3v) is 4.65. The smallest absolute Gasteiger partial charge is 0.244 e. The molecule has 144 valence electrons. The third-order valence-electron chi connectivity index (χ3n) is 4.65. The Morgan fingerprint density at radius 2 is 1.56 bits per heavy atom. The highest BCUT2D eigenvalue weighted by Crippen LogP contribution is 2.22. The number of nitrogens with one attached hydrogen (secondary N) is 1. The van der Waals surface area contributed by atoms with Gasteiger partial charge in [0.2, 0.25) is 11.8 Å². The maximum Gasteiger partial charge on any atom is 0.244 e. The lowest BCUT2D eigenvalue weighted by atomic mass is 10.0. The lowest BCUT2D eigenvalue weighted by Gasteiger charge is -2.22. The fraction of sp³-hybridized carbons (Fsp3) is 0.364. The molecule has 0 saturated heterocycles. The molecule has 2 aromatic rings. The summed E-state index contributed by atoms with van der Waals surface area (Å²) >= 11 is 0. The van der Waals surface area contributed by atoms with Gasteiger partial charge in [0.15, 0.2) is 0 Å². The third kappa shape index (κ3) is 5.64. The van der Waals surface area contributed by atoms with Gasteiger partial charge in [0.05, 0.1) is 6.54 Å². The van der Waals surface area contributed by atoms with Gasteiger partial charge < -0.3 is 10.2 Å². The predicted molar refractivity (Wildman–Crippen MR) is 106 cm³/mol. The molecular weight excluding hydrogens is 343 g/mol. The van der Waals surface area contributed by atoms with E-state index in [9.17, 15) is 14.0 Å². The van der Waals surface area contributed by atoms with Crippen molar-refractivity contribution >= 4 is 17.5 Å². The summed E-state index contributed by atoms with van der Waals surface area (Å²) in [6, 6.07) is 12.5. The zero-order valence-corrected chi connectivity index (χ0v) is 16.2. The molecule has 0 aliphatic carbocycles. The van der Waals surface area contributed by atoms with E-state index >= 15 is 0 Å². The molecule has 5 heteroatoms. The number of amides is 2. The van der Waals surface area contributed by atoms with Crippen LogP contribution in [0.3, 0.4) is 0 Å². The molecule has 27 heavy (non-hydrogen) atoms. The van der Waals surface area contributed by atoms with Crippen molar-refractivity contribution in [1.29, 1.82) is 0 Å². The summed E-state index contributed by atoms with van der Waals surface area (Å²) in [5.74, 6) is -0.745. The topological polar surface area (TPSA) is 49.4 Å². The molecule has 4 nitrogen and oxygen atoms in total. The van der Waals surface area contributed by atoms with Crippen LogP contribution in [0.15, 0.2) is 42.5 Å². The van der Waals surface area contributed by atoms with Crippen molar-refractivity contribution in [1.82, 2.24) is 4.90 Å². The highest BCUT2D eigenvalue weighted by molar-refractivity contribution is 5.95. The molecule has 2 aromatic carbocycles. The Balaban J connectivity index is 2.05. The van der Waals surface area contributed by atoms with Gasteiger partial charge in [-0.2, -0.15) is 0 Å². The van der Waals surface area contributed by atoms with Crippen molar-refractivity contribution in [3.8, 4) is 0 Å². The molecule has 2 rings (SSSR count). The molecule has 1 N–H and O–H groups in total. The van der Waals surface area contributed by atoms with Crippen LogP contribution in [0.1, 0.15) is 37.5 Å². The number of para-hydroxylation sites is 1. The Morgan fingerprint density at radius 3 is 2.11 bits per heavy atom. The van der Waals surface area contributed by atoms with Crippen molar-refractivity contribution in [2.24, 2.45) is 0 Å². The van der Waals surface area contributed by atoms with Crippen molar-refractivity contribution < 1.29 is 14.0 Å². The first-order valence-electron chi connectivity index (χ1n) is 9.35. The van der Waals surface area contributed by atoms with E-state index in [0.717, 1.165) is 29.7 Å². The minimum absolute atomic E-state index is 0.0506. The zero-order valence-electron chi connectivity index (χ0n) is 16.2. The van der Waals surface area contributed by atoms with Crippen molar-refractivity contribution in [2.45, 2.75) is 40.0 Å². The van der Waals surface area contributed by atoms with E-state index in [0.29, 0.717) is 18.5 Å². The van der Waals surface area contributed by atoms with Crippen LogP contribution in [0, 0.1) is 5.82 Å². The Bertz CT molecular complexity index is 782. The number of aryl methyl sites for hydroxylation is 2. The molecule has 2 amide bonds. The van der Waals surface area contributed by atoms with E-state index in [-0.39, 0.29) is 24.2 Å². The summed E-state index contributed by atoms with van der Waals surface area (Å²) in [4.78, 5) is 25.9. The monoisotopic (exact) mass is 370 g/mol. The second-order valence-corrected chi connectivity index (χ2v) is 6.49. The molecule has 0 spiro atoms. The molecule has 0 fully saturated rings. The highest BCUT2D eigenvalue weighted by atomic mass is 19.1. The van der Waals surface area contributed by atoms with Crippen LogP contribution in [0.4, 0.5) is 10.1 Å².